The van der Waals surface area contributed by atoms with Gasteiger partial charge < -0.3 is 4.74 Å². The fraction of sp³-hybridized carbons (Fsp3) is 0.810. The zero-order chi connectivity index (χ0) is 17.7. The van der Waals surface area contributed by atoms with Crippen molar-refractivity contribution in [2.75, 3.05) is 7.11 Å². The maximum atomic E-state index is 5.12. The molecule has 1 rings (SSSR count). The summed E-state index contributed by atoms with van der Waals surface area (Å²) in [5.41, 5.74) is 1.51. The molecule has 0 saturated heterocycles. The normalized spacial score (nSPS) is 13.8. The molecule has 1 unspecified atom stereocenters. The average molecular weight is 335 g/mol. The summed E-state index contributed by atoms with van der Waals surface area (Å²) in [5.74, 6) is 0.775. The summed E-state index contributed by atoms with van der Waals surface area (Å²) in [6, 6.07) is 0. The van der Waals surface area contributed by atoms with Crippen molar-refractivity contribution in [3.63, 3.8) is 0 Å². The van der Waals surface area contributed by atoms with Crippen LogP contribution in [0.1, 0.15) is 103 Å². The van der Waals surface area contributed by atoms with Gasteiger partial charge in [-0.25, -0.2) is 9.97 Å². The second-order valence-corrected chi connectivity index (χ2v) is 7.36. The molecule has 0 amide bonds. The van der Waals surface area contributed by atoms with E-state index in [4.69, 9.17) is 4.74 Å². The van der Waals surface area contributed by atoms with Crippen LogP contribution >= 0.6 is 0 Å². The number of hydrogen-bond acceptors (Lipinski definition) is 3. The van der Waals surface area contributed by atoms with Gasteiger partial charge in [-0.1, -0.05) is 78.6 Å². The summed E-state index contributed by atoms with van der Waals surface area (Å²) in [5, 5.41) is 0. The number of nitrogens with zero attached hydrogens (tertiary/aromatic N) is 2. The Kier molecular flexibility index (Phi) is 10.9. The highest BCUT2D eigenvalue weighted by Gasteiger charge is 2.26. The van der Waals surface area contributed by atoms with Gasteiger partial charge in [0.15, 0.2) is 5.82 Å². The lowest BCUT2D eigenvalue weighted by atomic mass is 9.75. The highest BCUT2D eigenvalue weighted by atomic mass is 16.5. The summed E-state index contributed by atoms with van der Waals surface area (Å²) in [4.78, 5) is 9.00. The monoisotopic (exact) mass is 334 g/mol. The second kappa shape index (κ2) is 12.4. The largest absolute Gasteiger partial charge is 0.377 e. The molecule has 1 atom stereocenters. The Bertz CT molecular complexity index is 418. The summed E-state index contributed by atoms with van der Waals surface area (Å²) in [6.07, 6.45) is 18.5. The zero-order valence-electron chi connectivity index (χ0n) is 16.4. The first-order chi connectivity index (χ1) is 11.7. The number of methoxy groups -OCH3 is 1. The molecule has 0 aliphatic heterocycles. The van der Waals surface area contributed by atoms with Crippen molar-refractivity contribution in [2.24, 2.45) is 0 Å². The minimum absolute atomic E-state index is 0.214. The number of ether oxygens (including phenoxy) is 1. The summed E-state index contributed by atoms with van der Waals surface area (Å²) >= 11 is 0. The molecule has 138 valence electrons. The lowest BCUT2D eigenvalue weighted by molar-refractivity contribution is 0.177. The fourth-order valence-corrected chi connectivity index (χ4v) is 3.34. The predicted molar refractivity (Wildman–Crippen MR) is 102 cm³/mol. The predicted octanol–water partition coefficient (Wildman–Crippen LogP) is 6.21. The minimum atomic E-state index is 0.214. The first-order valence-electron chi connectivity index (χ1n) is 9.96. The van der Waals surface area contributed by atoms with Crippen LogP contribution in [0.15, 0.2) is 12.4 Å². The average Bonchev–Trinajstić information content (AvgIpc) is 2.59. The van der Waals surface area contributed by atoms with E-state index in [0.29, 0.717) is 6.61 Å². The third-order valence-corrected chi connectivity index (χ3v) is 5.09. The van der Waals surface area contributed by atoms with Gasteiger partial charge in [-0.2, -0.15) is 0 Å². The lowest BCUT2D eigenvalue weighted by Gasteiger charge is -2.30. The molecule has 0 N–H and O–H groups in total. The molecular formula is C21H38N2O. The van der Waals surface area contributed by atoms with Crippen LogP contribution in [0.4, 0.5) is 0 Å². The van der Waals surface area contributed by atoms with Gasteiger partial charge in [0.2, 0.25) is 0 Å². The van der Waals surface area contributed by atoms with E-state index in [1.54, 1.807) is 7.11 Å². The van der Waals surface area contributed by atoms with E-state index in [2.05, 4.69) is 30.7 Å². The molecule has 3 nitrogen and oxygen atoms in total. The van der Waals surface area contributed by atoms with Crippen molar-refractivity contribution in [1.29, 1.82) is 0 Å². The smallest absolute Gasteiger partial charge is 0.153 e. The Morgan fingerprint density at radius 2 is 1.33 bits per heavy atom. The summed E-state index contributed by atoms with van der Waals surface area (Å²) in [6.45, 7) is 7.45. The second-order valence-electron chi connectivity index (χ2n) is 7.36. The highest BCUT2D eigenvalue weighted by molar-refractivity contribution is 5.18. The molecule has 1 aromatic rings. The van der Waals surface area contributed by atoms with Gasteiger partial charge >= 0.3 is 0 Å². The molecule has 1 heterocycles. The minimum Gasteiger partial charge on any atom is -0.377 e. The van der Waals surface area contributed by atoms with Crippen LogP contribution in [0.3, 0.4) is 0 Å². The molecule has 1 aromatic heterocycles. The van der Waals surface area contributed by atoms with Crippen LogP contribution in [-0.2, 0) is 16.8 Å². The quantitative estimate of drug-likeness (QED) is 0.379. The lowest BCUT2D eigenvalue weighted by Crippen LogP contribution is -2.23. The third kappa shape index (κ3) is 7.74. The van der Waals surface area contributed by atoms with E-state index < -0.39 is 0 Å². The van der Waals surface area contributed by atoms with E-state index in [1.165, 1.54) is 76.2 Å². The van der Waals surface area contributed by atoms with E-state index >= 15 is 0 Å². The number of unbranched alkanes of at least 4 members (excludes halogenated alkanes) is 7. The van der Waals surface area contributed by atoms with Gasteiger partial charge in [-0.15, -0.1) is 0 Å². The Morgan fingerprint density at radius 3 is 1.83 bits per heavy atom. The molecule has 0 radical (unpaired) electrons. The molecule has 0 aromatic carbocycles. The van der Waals surface area contributed by atoms with E-state index in [9.17, 15) is 0 Å². The van der Waals surface area contributed by atoms with Crippen LogP contribution in [0, 0.1) is 0 Å². The van der Waals surface area contributed by atoms with Gasteiger partial charge in [0.25, 0.3) is 0 Å². The molecule has 0 spiro atoms. The molecule has 0 saturated carbocycles. The highest BCUT2D eigenvalue weighted by Crippen LogP contribution is 2.35. The van der Waals surface area contributed by atoms with Crippen molar-refractivity contribution >= 4 is 0 Å². The summed E-state index contributed by atoms with van der Waals surface area (Å²) < 4.78 is 5.12. The fourth-order valence-electron chi connectivity index (χ4n) is 3.34. The van der Waals surface area contributed by atoms with Gasteiger partial charge in [0, 0.05) is 19.5 Å². The van der Waals surface area contributed by atoms with E-state index in [1.807, 2.05) is 12.4 Å². The summed E-state index contributed by atoms with van der Waals surface area (Å²) in [7, 11) is 1.69. The van der Waals surface area contributed by atoms with Crippen molar-refractivity contribution in [3.8, 4) is 0 Å². The molecular weight excluding hydrogens is 296 g/mol. The van der Waals surface area contributed by atoms with Crippen LogP contribution in [0.2, 0.25) is 0 Å². The Hall–Kier alpha value is -0.960. The van der Waals surface area contributed by atoms with Crippen molar-refractivity contribution in [2.45, 2.75) is 103 Å². The zero-order valence-corrected chi connectivity index (χ0v) is 16.4. The molecule has 0 fully saturated rings. The topological polar surface area (TPSA) is 35.0 Å². The molecule has 0 bridgehead atoms. The van der Waals surface area contributed by atoms with Gasteiger partial charge in [-0.05, 0) is 23.8 Å². The van der Waals surface area contributed by atoms with Crippen molar-refractivity contribution in [1.82, 2.24) is 9.97 Å². The van der Waals surface area contributed by atoms with Gasteiger partial charge in [-0.3, -0.25) is 0 Å². The maximum Gasteiger partial charge on any atom is 0.153 e. The van der Waals surface area contributed by atoms with Crippen LogP contribution < -0.4 is 0 Å². The number of aromatic nitrogens is 2. The maximum absolute atomic E-state index is 5.12. The number of rotatable bonds is 14. The Morgan fingerprint density at radius 1 is 0.833 bits per heavy atom. The first-order valence-corrected chi connectivity index (χ1v) is 9.96. The van der Waals surface area contributed by atoms with Crippen LogP contribution in [0.5, 0.6) is 0 Å². The molecule has 0 aliphatic carbocycles. The molecule has 3 heteroatoms. The van der Waals surface area contributed by atoms with Crippen molar-refractivity contribution in [3.05, 3.63) is 23.8 Å². The van der Waals surface area contributed by atoms with Crippen LogP contribution in [-0.4, -0.2) is 17.1 Å². The first kappa shape index (κ1) is 21.1. The molecule has 24 heavy (non-hydrogen) atoms. The number of hydrogen-bond donors (Lipinski definition) is 0. The standard InChI is InChI=1S/C21H38N2O/c1-5-7-9-11-13-15-21(3,14-12-10-8-6-2)19-16-22-20(18-24-4)23-17-19/h16-17H,5-15,18H2,1-4H3. The van der Waals surface area contributed by atoms with E-state index in [-0.39, 0.29) is 5.41 Å². The van der Waals surface area contributed by atoms with E-state index in [0.717, 1.165) is 5.82 Å². The molecule has 0 aliphatic rings. The Balaban J connectivity index is 2.67. The van der Waals surface area contributed by atoms with Gasteiger partial charge in [0.1, 0.15) is 6.61 Å². The Labute approximate surface area is 149 Å². The van der Waals surface area contributed by atoms with Crippen molar-refractivity contribution < 1.29 is 4.74 Å². The SMILES string of the molecule is CCCCCCCC(C)(CCCCCC)c1cnc(COC)nc1. The van der Waals surface area contributed by atoms with Gasteiger partial charge in [0.05, 0.1) is 0 Å². The van der Waals surface area contributed by atoms with Crippen LogP contribution in [0.25, 0.3) is 0 Å². The third-order valence-electron chi connectivity index (χ3n) is 5.09.